The fraction of sp³-hybridized carbons (Fsp3) is 0.265. The maximum absolute atomic E-state index is 13.8. The summed E-state index contributed by atoms with van der Waals surface area (Å²) < 4.78 is 0. The number of nitrogens with zero attached hydrogens (tertiary/aromatic N) is 16. The zero-order chi connectivity index (χ0) is 65.9. The van der Waals surface area contributed by atoms with Crippen molar-refractivity contribution in [2.24, 2.45) is 0 Å². The number of aryl methyl sites for hydroxylation is 4. The number of rotatable bonds is 18. The van der Waals surface area contributed by atoms with E-state index in [9.17, 15) is 20.4 Å². The van der Waals surface area contributed by atoms with E-state index in [-0.39, 0.29) is 81.4 Å². The molecule has 0 amide bonds. The second-order valence-electron chi connectivity index (χ2n) is 23.0. The van der Waals surface area contributed by atoms with E-state index in [0.717, 1.165) is 93.3 Å². The summed E-state index contributed by atoms with van der Waals surface area (Å²) in [7, 11) is 8.03. The minimum atomic E-state index is -1.08. The van der Waals surface area contributed by atoms with Gasteiger partial charge in [0.25, 0.3) is 0 Å². The third-order valence-corrected chi connectivity index (χ3v) is 14.5. The molecule has 0 unspecified atom stereocenters. The van der Waals surface area contributed by atoms with Gasteiger partial charge in [-0.05, 0) is 187 Å². The standard InChI is InChI=1S/2C32H34N8O2.2C2H4O2.3Zn/c2*1-21-15-23(31(41)29(17-21)39-33-25-9-5-6-10-26(25)34-39)19-38(14-13-37(3)4)20-24-16-22(2)18-30(32(24)42)40-35-27-11-7-8-12-28(27)36-40;2*1-2(3)4;;;/h2*5-12,15-18,41-42H,13-14,19-20H2,1-4H3;2*1H3,(H,3,4);;;/q;;;;3*+2/p-6. The Morgan fingerprint density at radius 3 is 0.663 bits per heavy atom. The van der Waals surface area contributed by atoms with Crippen LogP contribution in [0.1, 0.15) is 58.4 Å². The first-order valence-corrected chi connectivity index (χ1v) is 29.6. The van der Waals surface area contributed by atoms with E-state index in [1.807, 2.05) is 201 Å². The van der Waals surface area contributed by atoms with Crippen molar-refractivity contribution in [2.75, 3.05) is 54.4 Å². The number of carbonyl (C=O) groups excluding carboxylic acids is 2. The maximum Gasteiger partial charge on any atom is 2.00 e. The molecule has 0 spiro atoms. The van der Waals surface area contributed by atoms with Crippen molar-refractivity contribution in [1.29, 1.82) is 0 Å². The van der Waals surface area contributed by atoms with Gasteiger partial charge in [0, 0.05) is 64.3 Å². The Morgan fingerprint density at radius 2 is 0.505 bits per heavy atom. The van der Waals surface area contributed by atoms with Crippen molar-refractivity contribution < 1.29 is 98.7 Å². The molecule has 0 saturated heterocycles. The van der Waals surface area contributed by atoms with Gasteiger partial charge in [-0.1, -0.05) is 95.8 Å². The van der Waals surface area contributed by atoms with E-state index in [2.05, 4.69) is 60.4 Å². The molecule has 12 rings (SSSR count). The molecular formula is C68H70N16O8Zn3. The van der Waals surface area contributed by atoms with Crippen LogP contribution in [0.5, 0.6) is 23.0 Å². The quantitative estimate of drug-likeness (QED) is 0.107. The summed E-state index contributed by atoms with van der Waals surface area (Å²) >= 11 is 0. The monoisotopic (exact) mass is 1430 g/mol. The molecule has 0 fully saturated rings. The Bertz CT molecular complexity index is 3900. The number of carbonyl (C=O) groups is 2. The van der Waals surface area contributed by atoms with Crippen LogP contribution in [0.2, 0.25) is 0 Å². The van der Waals surface area contributed by atoms with Gasteiger partial charge in [-0.3, -0.25) is 9.80 Å². The van der Waals surface area contributed by atoms with Crippen LogP contribution in [0.15, 0.2) is 146 Å². The average molecular weight is 1440 g/mol. The second kappa shape index (κ2) is 34.1. The van der Waals surface area contributed by atoms with Crippen molar-refractivity contribution in [2.45, 2.75) is 67.7 Å². The number of benzene rings is 8. The fourth-order valence-corrected chi connectivity index (χ4v) is 10.3. The van der Waals surface area contributed by atoms with Crippen molar-refractivity contribution in [3.8, 4) is 45.7 Å². The summed E-state index contributed by atoms with van der Waals surface area (Å²) in [4.78, 5) is 31.9. The first-order valence-electron chi connectivity index (χ1n) is 29.6. The number of likely N-dealkylation sites (N-methyl/N-ethyl adjacent to an activating group) is 2. The molecule has 27 heteroatoms. The number of hydrogen-bond donors (Lipinski definition) is 0. The average Bonchev–Trinajstić information content (AvgIpc) is 1.77. The molecule has 0 saturated carbocycles. The Labute approximate surface area is 588 Å². The Balaban J connectivity index is 0.000000263. The number of carboxylic acids is 2. The van der Waals surface area contributed by atoms with E-state index in [4.69, 9.17) is 19.8 Å². The van der Waals surface area contributed by atoms with Crippen LogP contribution in [0.3, 0.4) is 0 Å². The van der Waals surface area contributed by atoms with E-state index >= 15 is 0 Å². The maximum atomic E-state index is 13.8. The van der Waals surface area contributed by atoms with Crippen LogP contribution < -0.4 is 30.6 Å². The number of fused-ring (bicyclic) bond motifs is 4. The van der Waals surface area contributed by atoms with E-state index in [0.29, 0.717) is 84.3 Å². The molecule has 0 aliphatic heterocycles. The SMILES string of the molecule is CC(=O)[O-].CC(=O)[O-].Cc1cc(CN(CCN(C)C)Cc2cc(C)cc(-n3nc4ccccc4n3)c2[O-])c([O-])c(-n2nc3ccccc3n2)c1.Cc1cc(CN(CCN(C)C)Cc2cc(C)cc(-n3nc4ccccc4n3)c2[O-])c([O-])c(-n2nc3ccccc3n2)c1.[Zn+2].[Zn+2].[Zn+2]. The third-order valence-electron chi connectivity index (χ3n) is 14.5. The molecule has 0 radical (unpaired) electrons. The number of carboxylic acid groups (broad SMARTS) is 2. The molecule has 4 heterocycles. The smallest absolute Gasteiger partial charge is 0.871 e. The van der Waals surface area contributed by atoms with Gasteiger partial charge in [0.15, 0.2) is 0 Å². The van der Waals surface area contributed by atoms with Crippen LogP contribution >= 0.6 is 0 Å². The minimum Gasteiger partial charge on any atom is -0.871 e. The third kappa shape index (κ3) is 19.7. The predicted molar refractivity (Wildman–Crippen MR) is 339 cm³/mol. The first-order chi connectivity index (χ1) is 44.0. The number of aromatic nitrogens is 12. The van der Waals surface area contributed by atoms with Gasteiger partial charge in [0.05, 0.1) is 22.7 Å². The zero-order valence-corrected chi connectivity index (χ0v) is 64.0. The second-order valence-corrected chi connectivity index (χ2v) is 23.0. The zero-order valence-electron chi connectivity index (χ0n) is 55.1. The first kappa shape index (κ1) is 75.2. The van der Waals surface area contributed by atoms with Crippen LogP contribution in [-0.4, -0.2) is 146 Å². The normalized spacial score (nSPS) is 11.0. The Hall–Kier alpha value is -8.79. The van der Waals surface area contributed by atoms with Crippen LogP contribution in [0.4, 0.5) is 0 Å². The molecule has 476 valence electrons. The largest absolute Gasteiger partial charge is 2.00 e. The van der Waals surface area contributed by atoms with Gasteiger partial charge < -0.3 is 50.0 Å². The Morgan fingerprint density at radius 1 is 0.337 bits per heavy atom. The molecule has 12 aromatic rings. The minimum absolute atomic E-state index is 0. The van der Waals surface area contributed by atoms with Crippen LogP contribution in [0, 0.1) is 27.7 Å². The van der Waals surface area contributed by atoms with Crippen molar-refractivity contribution in [3.05, 3.63) is 190 Å². The fourth-order valence-electron chi connectivity index (χ4n) is 10.3. The van der Waals surface area contributed by atoms with E-state index < -0.39 is 11.9 Å². The molecule has 95 heavy (non-hydrogen) atoms. The van der Waals surface area contributed by atoms with Crippen molar-refractivity contribution in [1.82, 2.24) is 79.6 Å². The summed E-state index contributed by atoms with van der Waals surface area (Å²) in [6.07, 6.45) is 0. The molecule has 0 bridgehead atoms. The summed E-state index contributed by atoms with van der Waals surface area (Å²) in [5.41, 5.74) is 13.7. The Kier molecular flexibility index (Phi) is 27.0. The molecule has 0 aliphatic carbocycles. The van der Waals surface area contributed by atoms with Gasteiger partial charge >= 0.3 is 58.4 Å². The van der Waals surface area contributed by atoms with E-state index in [1.165, 1.54) is 19.2 Å². The topological polar surface area (TPSA) is 308 Å². The summed E-state index contributed by atoms with van der Waals surface area (Å²) in [5, 5.41) is 109. The molecular weight excluding hydrogens is 1370 g/mol. The van der Waals surface area contributed by atoms with Gasteiger partial charge in [0.1, 0.15) is 44.1 Å². The number of aliphatic carboxylic acids is 2. The van der Waals surface area contributed by atoms with Gasteiger partial charge in [0.2, 0.25) is 0 Å². The summed E-state index contributed by atoms with van der Waals surface area (Å²) in [5.74, 6) is -2.68. The van der Waals surface area contributed by atoms with Crippen LogP contribution in [0.25, 0.3) is 66.9 Å². The predicted octanol–water partition coefficient (Wildman–Crippen LogP) is 4.47. The molecule has 0 aliphatic rings. The number of hydrogen-bond acceptors (Lipinski definition) is 20. The molecule has 24 nitrogen and oxygen atoms in total. The molecule has 8 aromatic carbocycles. The van der Waals surface area contributed by atoms with Gasteiger partial charge in [-0.2, -0.15) is 19.2 Å². The van der Waals surface area contributed by atoms with Gasteiger partial charge in [-0.15, -0.1) is 40.8 Å². The van der Waals surface area contributed by atoms with Gasteiger partial charge in [-0.25, -0.2) is 0 Å². The molecule has 4 aromatic heterocycles. The van der Waals surface area contributed by atoms with Crippen molar-refractivity contribution >= 4 is 56.1 Å². The summed E-state index contributed by atoms with van der Waals surface area (Å²) in [6.45, 7) is 14.1. The van der Waals surface area contributed by atoms with Crippen LogP contribution in [-0.2, 0) is 94.2 Å². The summed E-state index contributed by atoms with van der Waals surface area (Å²) in [6, 6.07) is 45.1. The molecule has 0 N–H and O–H groups in total. The van der Waals surface area contributed by atoms with Crippen molar-refractivity contribution in [3.63, 3.8) is 0 Å². The molecule has 0 atom stereocenters. The van der Waals surface area contributed by atoms with E-state index in [1.54, 1.807) is 0 Å².